The molecule has 31 heavy (non-hydrogen) atoms. The maximum atomic E-state index is 12.8. The molecule has 160 valence electrons. The van der Waals surface area contributed by atoms with Gasteiger partial charge in [-0.15, -0.1) is 0 Å². The predicted molar refractivity (Wildman–Crippen MR) is 124 cm³/mol. The molecule has 4 rings (SSSR count). The Morgan fingerprint density at radius 3 is 2.42 bits per heavy atom. The van der Waals surface area contributed by atoms with Gasteiger partial charge in [0.2, 0.25) is 0 Å². The van der Waals surface area contributed by atoms with Crippen molar-refractivity contribution in [1.29, 1.82) is 0 Å². The summed E-state index contributed by atoms with van der Waals surface area (Å²) in [5, 5.41) is 5.62. The van der Waals surface area contributed by atoms with E-state index in [0.717, 1.165) is 32.7 Å². The zero-order valence-electron chi connectivity index (χ0n) is 18.3. The van der Waals surface area contributed by atoms with E-state index in [1.807, 2.05) is 13.0 Å². The standard InChI is InChI=1S/C26H29N3O2/c1-19(26(31)27-24-11-6-9-22(17-24)20(2)30)29-15-13-28(14-16-29)18-23-10-5-8-21-7-3-4-12-25(21)23/h3-12,17,19H,13-16,18H2,1-2H3,(H,27,31)/p+2/t19-/m1/s1. The molecule has 0 bridgehead atoms. The summed E-state index contributed by atoms with van der Waals surface area (Å²) in [5.74, 6) is 0.00766. The fourth-order valence-corrected chi connectivity index (χ4v) is 4.50. The van der Waals surface area contributed by atoms with E-state index in [1.165, 1.54) is 28.2 Å². The van der Waals surface area contributed by atoms with Gasteiger partial charge in [-0.2, -0.15) is 0 Å². The molecule has 3 N–H and O–H groups in total. The number of hydrogen-bond acceptors (Lipinski definition) is 2. The summed E-state index contributed by atoms with van der Waals surface area (Å²) >= 11 is 0. The molecule has 1 atom stereocenters. The smallest absolute Gasteiger partial charge is 0.282 e. The van der Waals surface area contributed by atoms with Crippen molar-refractivity contribution in [2.75, 3.05) is 31.5 Å². The van der Waals surface area contributed by atoms with E-state index < -0.39 is 0 Å². The number of ketones is 1. The number of rotatable bonds is 6. The lowest BCUT2D eigenvalue weighted by Crippen LogP contribution is -3.29. The molecule has 3 aromatic carbocycles. The molecule has 1 heterocycles. The van der Waals surface area contributed by atoms with Crippen LogP contribution in [0.1, 0.15) is 29.8 Å². The Balaban J connectivity index is 1.33. The fraction of sp³-hybridized carbons (Fsp3) is 0.308. The van der Waals surface area contributed by atoms with Crippen molar-refractivity contribution in [3.63, 3.8) is 0 Å². The largest absolute Gasteiger partial charge is 0.322 e. The second-order valence-corrected chi connectivity index (χ2v) is 8.57. The molecule has 1 saturated heterocycles. The van der Waals surface area contributed by atoms with Gasteiger partial charge in [-0.05, 0) is 36.8 Å². The molecule has 5 nitrogen and oxygen atoms in total. The highest BCUT2D eigenvalue weighted by molar-refractivity contribution is 5.98. The van der Waals surface area contributed by atoms with Crippen LogP contribution in [0.25, 0.3) is 10.8 Å². The van der Waals surface area contributed by atoms with E-state index in [1.54, 1.807) is 23.1 Å². The fourth-order valence-electron chi connectivity index (χ4n) is 4.50. The first kappa shape index (κ1) is 21.2. The van der Waals surface area contributed by atoms with Crippen molar-refractivity contribution in [3.05, 3.63) is 77.9 Å². The second kappa shape index (κ2) is 9.41. The molecule has 1 aliphatic rings. The zero-order valence-corrected chi connectivity index (χ0v) is 18.3. The molecule has 1 fully saturated rings. The number of carbonyl (C=O) groups is 2. The van der Waals surface area contributed by atoms with Crippen LogP contribution in [0.15, 0.2) is 66.7 Å². The summed E-state index contributed by atoms with van der Waals surface area (Å²) in [7, 11) is 0. The molecule has 0 radical (unpaired) electrons. The van der Waals surface area contributed by atoms with E-state index in [-0.39, 0.29) is 17.7 Å². The average Bonchev–Trinajstić information content (AvgIpc) is 2.79. The number of nitrogens with one attached hydrogen (secondary N) is 3. The summed E-state index contributed by atoms with van der Waals surface area (Å²) in [6.07, 6.45) is 0. The highest BCUT2D eigenvalue weighted by atomic mass is 16.2. The Morgan fingerprint density at radius 1 is 0.935 bits per heavy atom. The lowest BCUT2D eigenvalue weighted by Gasteiger charge is -2.32. The maximum absolute atomic E-state index is 12.8. The molecular weight excluding hydrogens is 386 g/mol. The Labute approximate surface area is 183 Å². The number of anilines is 1. The third-order valence-electron chi connectivity index (χ3n) is 6.46. The molecule has 0 spiro atoms. The average molecular weight is 418 g/mol. The van der Waals surface area contributed by atoms with Crippen molar-refractivity contribution >= 4 is 28.2 Å². The van der Waals surface area contributed by atoms with E-state index in [9.17, 15) is 9.59 Å². The summed E-state index contributed by atoms with van der Waals surface area (Å²) in [4.78, 5) is 27.3. The number of piperazine rings is 1. The van der Waals surface area contributed by atoms with Crippen LogP contribution in [0.2, 0.25) is 0 Å². The van der Waals surface area contributed by atoms with Crippen molar-refractivity contribution in [1.82, 2.24) is 0 Å². The van der Waals surface area contributed by atoms with Crippen LogP contribution in [-0.4, -0.2) is 43.9 Å². The molecule has 0 aliphatic carbocycles. The summed E-state index contributed by atoms with van der Waals surface area (Å²) in [6.45, 7) is 8.60. The summed E-state index contributed by atoms with van der Waals surface area (Å²) < 4.78 is 0. The maximum Gasteiger partial charge on any atom is 0.282 e. The molecular formula is C26H31N3O2+2. The highest BCUT2D eigenvalue weighted by Gasteiger charge is 2.31. The molecule has 0 aromatic heterocycles. The highest BCUT2D eigenvalue weighted by Crippen LogP contribution is 2.17. The third-order valence-corrected chi connectivity index (χ3v) is 6.46. The van der Waals surface area contributed by atoms with Gasteiger partial charge in [0.05, 0.1) is 0 Å². The van der Waals surface area contributed by atoms with Crippen LogP contribution in [0.5, 0.6) is 0 Å². The van der Waals surface area contributed by atoms with Gasteiger partial charge in [0.15, 0.2) is 11.8 Å². The van der Waals surface area contributed by atoms with E-state index in [2.05, 4.69) is 47.8 Å². The van der Waals surface area contributed by atoms with Crippen LogP contribution >= 0.6 is 0 Å². The predicted octanol–water partition coefficient (Wildman–Crippen LogP) is 1.35. The number of quaternary nitrogens is 2. The molecule has 0 unspecified atom stereocenters. The number of benzene rings is 3. The first-order valence-electron chi connectivity index (χ1n) is 11.1. The Hall–Kier alpha value is -3.02. The molecule has 5 heteroatoms. The van der Waals surface area contributed by atoms with Gasteiger partial charge in [0.25, 0.3) is 5.91 Å². The zero-order chi connectivity index (χ0) is 21.8. The van der Waals surface area contributed by atoms with Gasteiger partial charge in [-0.25, -0.2) is 0 Å². The summed E-state index contributed by atoms with van der Waals surface area (Å²) in [6, 6.07) is 22.1. The molecule has 1 amide bonds. The number of amides is 1. The summed E-state index contributed by atoms with van der Waals surface area (Å²) in [5.41, 5.74) is 2.69. The first-order valence-corrected chi connectivity index (χ1v) is 11.1. The molecule has 3 aromatic rings. The van der Waals surface area contributed by atoms with Crippen LogP contribution in [0.3, 0.4) is 0 Å². The van der Waals surface area contributed by atoms with Gasteiger partial charge >= 0.3 is 0 Å². The quantitative estimate of drug-likeness (QED) is 0.531. The number of Topliss-reactive ketones (excluding diaryl/α,β-unsaturated/α-hetero) is 1. The minimum atomic E-state index is -0.125. The number of fused-ring (bicyclic) bond motifs is 1. The van der Waals surface area contributed by atoms with Crippen molar-refractivity contribution in [2.45, 2.75) is 26.4 Å². The first-order chi connectivity index (χ1) is 15.0. The topological polar surface area (TPSA) is 55.0 Å². The van der Waals surface area contributed by atoms with Gasteiger partial charge < -0.3 is 15.1 Å². The Kier molecular flexibility index (Phi) is 6.44. The SMILES string of the molecule is CC(=O)c1cccc(NC(=O)[C@@H](C)[NH+]2CC[NH+](Cc3cccc4ccccc34)CC2)c1. The lowest BCUT2D eigenvalue weighted by atomic mass is 10.0. The lowest BCUT2D eigenvalue weighted by molar-refractivity contribution is -1.02. The van der Waals surface area contributed by atoms with Crippen LogP contribution in [0, 0.1) is 0 Å². The normalized spacial score (nSPS) is 19.7. The monoisotopic (exact) mass is 417 g/mol. The van der Waals surface area contributed by atoms with Crippen molar-refractivity contribution in [3.8, 4) is 0 Å². The van der Waals surface area contributed by atoms with Crippen LogP contribution < -0.4 is 15.1 Å². The molecule has 0 saturated carbocycles. The second-order valence-electron chi connectivity index (χ2n) is 8.57. The minimum absolute atomic E-state index is 0.0000594. The number of carbonyl (C=O) groups excluding carboxylic acids is 2. The Bertz CT molecular complexity index is 1080. The van der Waals surface area contributed by atoms with Gasteiger partial charge in [-0.1, -0.05) is 54.6 Å². The molecule has 1 aliphatic heterocycles. The minimum Gasteiger partial charge on any atom is -0.322 e. The van der Waals surface area contributed by atoms with E-state index in [4.69, 9.17) is 0 Å². The van der Waals surface area contributed by atoms with Crippen molar-refractivity contribution in [2.24, 2.45) is 0 Å². The van der Waals surface area contributed by atoms with Crippen molar-refractivity contribution < 1.29 is 19.4 Å². The Morgan fingerprint density at radius 2 is 1.65 bits per heavy atom. The van der Waals surface area contributed by atoms with Crippen LogP contribution in [-0.2, 0) is 11.3 Å². The van der Waals surface area contributed by atoms with Gasteiger partial charge in [0.1, 0.15) is 32.7 Å². The van der Waals surface area contributed by atoms with E-state index in [0.29, 0.717) is 11.3 Å². The van der Waals surface area contributed by atoms with Gasteiger partial charge in [0, 0.05) is 16.8 Å². The third kappa shape index (κ3) is 5.01. The van der Waals surface area contributed by atoms with E-state index >= 15 is 0 Å². The van der Waals surface area contributed by atoms with Crippen LogP contribution in [0.4, 0.5) is 5.69 Å². The van der Waals surface area contributed by atoms with Gasteiger partial charge in [-0.3, -0.25) is 9.59 Å². The number of hydrogen-bond donors (Lipinski definition) is 3.